The van der Waals surface area contributed by atoms with Crippen LogP contribution in [0.4, 0.5) is 10.5 Å². The normalized spacial score (nSPS) is 27.7. The molecule has 7 rings (SSSR count). The minimum absolute atomic E-state index is 0.341. The maximum atomic E-state index is 12.4. The lowest BCUT2D eigenvalue weighted by Crippen LogP contribution is -2.48. The van der Waals surface area contributed by atoms with Crippen LogP contribution in [-0.4, -0.2) is 16.8 Å². The molecule has 0 radical (unpaired) electrons. The second-order valence-electron chi connectivity index (χ2n) is 10.2. The predicted molar refractivity (Wildman–Crippen MR) is 132 cm³/mol. The number of carbonyl (C=O) groups is 1. The summed E-state index contributed by atoms with van der Waals surface area (Å²) >= 11 is 0. The first-order valence-corrected chi connectivity index (χ1v) is 12.1. The number of hydrogen-bond donors (Lipinski definition) is 2. The van der Waals surface area contributed by atoms with E-state index < -0.39 is 0 Å². The zero-order chi connectivity index (χ0) is 22.3. The zero-order valence-electron chi connectivity index (χ0n) is 18.8. The van der Waals surface area contributed by atoms with Crippen LogP contribution in [-0.2, 0) is 5.41 Å². The van der Waals surface area contributed by atoms with Gasteiger partial charge in [0.25, 0.3) is 0 Å². The van der Waals surface area contributed by atoms with Gasteiger partial charge in [-0.25, -0.2) is 10.2 Å². The van der Waals surface area contributed by atoms with Crippen molar-refractivity contribution in [1.29, 1.82) is 0 Å². The number of hydrazone groups is 1. The maximum Gasteiger partial charge on any atom is 0.339 e. The number of urea groups is 1. The van der Waals surface area contributed by atoms with Crippen LogP contribution < -0.4 is 10.7 Å². The van der Waals surface area contributed by atoms with Gasteiger partial charge in [-0.05, 0) is 104 Å². The average Bonchev–Trinajstić information content (AvgIpc) is 3.28. The van der Waals surface area contributed by atoms with Crippen LogP contribution in [0.25, 0.3) is 5.69 Å². The fourth-order valence-corrected chi connectivity index (χ4v) is 7.01. The van der Waals surface area contributed by atoms with Crippen molar-refractivity contribution in [3.63, 3.8) is 0 Å². The molecule has 0 spiro atoms. The lowest BCUT2D eigenvalue weighted by atomic mass is 9.48. The Hall–Kier alpha value is -3.34. The summed E-state index contributed by atoms with van der Waals surface area (Å²) in [6.07, 6.45) is 12.1. The third-order valence-corrected chi connectivity index (χ3v) is 7.97. The average molecular weight is 439 g/mol. The van der Waals surface area contributed by atoms with E-state index in [1.807, 2.05) is 65.4 Å². The molecule has 4 bridgehead atoms. The summed E-state index contributed by atoms with van der Waals surface area (Å²) in [7, 11) is 0. The van der Waals surface area contributed by atoms with Gasteiger partial charge in [0.1, 0.15) is 0 Å². The molecule has 0 saturated heterocycles. The Balaban J connectivity index is 1.08. The molecule has 4 saturated carbocycles. The van der Waals surface area contributed by atoms with Crippen molar-refractivity contribution < 1.29 is 4.79 Å². The molecular formula is C28H30N4O. The second-order valence-corrected chi connectivity index (χ2v) is 10.2. The summed E-state index contributed by atoms with van der Waals surface area (Å²) in [4.78, 5) is 12.4. The number of anilines is 1. The summed E-state index contributed by atoms with van der Waals surface area (Å²) in [6.45, 7) is 0. The van der Waals surface area contributed by atoms with E-state index in [-0.39, 0.29) is 6.03 Å². The number of benzene rings is 2. The van der Waals surface area contributed by atoms with Crippen LogP contribution in [0.15, 0.2) is 78.0 Å². The van der Waals surface area contributed by atoms with Gasteiger partial charge in [0.15, 0.2) is 0 Å². The smallest absolute Gasteiger partial charge is 0.316 e. The molecule has 0 atom stereocenters. The minimum atomic E-state index is -0.341. The molecule has 2 aromatic carbocycles. The molecule has 1 aromatic heterocycles. The number of hydrogen-bond acceptors (Lipinski definition) is 2. The highest BCUT2D eigenvalue weighted by Gasteiger charge is 2.51. The van der Waals surface area contributed by atoms with Crippen LogP contribution in [0.2, 0.25) is 0 Å². The van der Waals surface area contributed by atoms with Gasteiger partial charge >= 0.3 is 6.03 Å². The Morgan fingerprint density at radius 2 is 1.55 bits per heavy atom. The molecule has 4 aliphatic carbocycles. The molecule has 4 fully saturated rings. The maximum absolute atomic E-state index is 12.4. The predicted octanol–water partition coefficient (Wildman–Crippen LogP) is 6.10. The molecule has 5 nitrogen and oxygen atoms in total. The van der Waals surface area contributed by atoms with Gasteiger partial charge in [0.2, 0.25) is 0 Å². The number of amides is 2. The van der Waals surface area contributed by atoms with Crippen molar-refractivity contribution >= 4 is 17.9 Å². The van der Waals surface area contributed by atoms with E-state index >= 15 is 0 Å². The van der Waals surface area contributed by atoms with Gasteiger partial charge in [0.05, 0.1) is 11.9 Å². The Bertz CT molecular complexity index is 1130. The molecule has 2 amide bonds. The fourth-order valence-electron chi connectivity index (χ4n) is 7.01. The van der Waals surface area contributed by atoms with Gasteiger partial charge < -0.3 is 9.88 Å². The van der Waals surface area contributed by atoms with Gasteiger partial charge in [-0.1, -0.05) is 30.3 Å². The summed E-state index contributed by atoms with van der Waals surface area (Å²) in [5.74, 6) is 2.79. The Morgan fingerprint density at radius 3 is 2.21 bits per heavy atom. The van der Waals surface area contributed by atoms with Crippen molar-refractivity contribution in [2.45, 2.75) is 43.9 Å². The summed E-state index contributed by atoms with van der Waals surface area (Å²) < 4.78 is 2.02. The topological polar surface area (TPSA) is 58.4 Å². The lowest BCUT2D eigenvalue weighted by Gasteiger charge is -2.57. The van der Waals surface area contributed by atoms with E-state index in [9.17, 15) is 4.79 Å². The van der Waals surface area contributed by atoms with Crippen LogP contribution in [0.3, 0.4) is 0 Å². The van der Waals surface area contributed by atoms with Crippen molar-refractivity contribution in [1.82, 2.24) is 9.99 Å². The van der Waals surface area contributed by atoms with Crippen LogP contribution >= 0.6 is 0 Å². The van der Waals surface area contributed by atoms with Crippen LogP contribution in [0, 0.1) is 17.8 Å². The van der Waals surface area contributed by atoms with Crippen LogP contribution in [0.5, 0.6) is 0 Å². The second kappa shape index (κ2) is 8.22. The van der Waals surface area contributed by atoms with E-state index in [0.717, 1.165) is 34.8 Å². The van der Waals surface area contributed by atoms with E-state index in [1.165, 1.54) is 44.1 Å². The molecule has 3 aromatic rings. The first kappa shape index (κ1) is 20.3. The Labute approximate surface area is 194 Å². The number of rotatable bonds is 5. The highest BCUT2D eigenvalue weighted by molar-refractivity contribution is 5.90. The zero-order valence-corrected chi connectivity index (χ0v) is 18.8. The molecule has 168 valence electrons. The standard InChI is InChI=1S/C28H30N4O/c33-27(31-29-19-26-7-4-12-32(26)25-5-2-1-3-6-25)30-24-10-8-23(9-11-24)28-16-20-13-21(17-28)15-22(14-20)18-28/h1-12,19-22H,13-18H2,(H2,30,31,33)/b29-19+. The molecule has 33 heavy (non-hydrogen) atoms. The molecule has 5 heteroatoms. The summed E-state index contributed by atoms with van der Waals surface area (Å²) in [6, 6.07) is 22.2. The third-order valence-electron chi connectivity index (χ3n) is 7.97. The number of carbonyl (C=O) groups excluding carboxylic acids is 1. The van der Waals surface area contributed by atoms with E-state index in [0.29, 0.717) is 5.41 Å². The molecule has 4 aliphatic rings. The van der Waals surface area contributed by atoms with Gasteiger partial charge in [0, 0.05) is 17.6 Å². The molecule has 2 N–H and O–H groups in total. The quantitative estimate of drug-likeness (QED) is 0.367. The van der Waals surface area contributed by atoms with Crippen LogP contribution in [0.1, 0.15) is 49.8 Å². The first-order valence-electron chi connectivity index (χ1n) is 12.1. The number of aromatic nitrogens is 1. The van der Waals surface area contributed by atoms with Gasteiger partial charge in [-0.15, -0.1) is 0 Å². The first-order chi connectivity index (χ1) is 16.2. The third kappa shape index (κ3) is 3.97. The SMILES string of the molecule is O=C(N/N=C/c1cccn1-c1ccccc1)Nc1ccc(C23CC4CC(CC(C4)C2)C3)cc1. The minimum Gasteiger partial charge on any atom is -0.316 e. The fraction of sp³-hybridized carbons (Fsp3) is 0.357. The van der Waals surface area contributed by atoms with Gasteiger partial charge in [-0.2, -0.15) is 5.10 Å². The van der Waals surface area contributed by atoms with Crippen molar-refractivity contribution in [3.8, 4) is 5.69 Å². The lowest BCUT2D eigenvalue weighted by molar-refractivity contribution is -0.00518. The molecular weight excluding hydrogens is 408 g/mol. The summed E-state index contributed by atoms with van der Waals surface area (Å²) in [5, 5.41) is 7.03. The molecule has 1 heterocycles. The van der Waals surface area contributed by atoms with Crippen molar-refractivity contribution in [2.24, 2.45) is 22.9 Å². The highest BCUT2D eigenvalue weighted by atomic mass is 16.2. The number of para-hydroxylation sites is 1. The Morgan fingerprint density at radius 1 is 0.879 bits per heavy atom. The Kier molecular flexibility index (Phi) is 5.05. The number of nitrogens with one attached hydrogen (secondary N) is 2. The molecule has 0 aliphatic heterocycles. The monoisotopic (exact) mass is 438 g/mol. The van der Waals surface area contributed by atoms with E-state index in [2.05, 4.69) is 28.0 Å². The highest BCUT2D eigenvalue weighted by Crippen LogP contribution is 2.60. The number of nitrogens with zero attached hydrogens (tertiary/aromatic N) is 2. The van der Waals surface area contributed by atoms with E-state index in [4.69, 9.17) is 0 Å². The van der Waals surface area contributed by atoms with Crippen molar-refractivity contribution in [2.75, 3.05) is 5.32 Å². The van der Waals surface area contributed by atoms with E-state index in [1.54, 1.807) is 6.21 Å². The van der Waals surface area contributed by atoms with Gasteiger partial charge in [-0.3, -0.25) is 0 Å². The molecule has 0 unspecified atom stereocenters. The summed E-state index contributed by atoms with van der Waals surface area (Å²) in [5.41, 5.74) is 7.16. The van der Waals surface area contributed by atoms with Crippen molar-refractivity contribution in [3.05, 3.63) is 84.2 Å². The largest absolute Gasteiger partial charge is 0.339 e.